The third-order valence-electron chi connectivity index (χ3n) is 5.97. The summed E-state index contributed by atoms with van der Waals surface area (Å²) in [4.78, 5) is 28.1. The van der Waals surface area contributed by atoms with Crippen LogP contribution in [0.1, 0.15) is 18.4 Å². The van der Waals surface area contributed by atoms with Crippen LogP contribution in [0.15, 0.2) is 53.0 Å². The number of rotatable bonds is 4. The third kappa shape index (κ3) is 3.21. The van der Waals surface area contributed by atoms with Crippen LogP contribution in [0, 0.1) is 17.2 Å². The predicted molar refractivity (Wildman–Crippen MR) is 116 cm³/mol. The van der Waals surface area contributed by atoms with E-state index in [0.29, 0.717) is 22.3 Å². The summed E-state index contributed by atoms with van der Waals surface area (Å²) >= 11 is 6.03. The highest BCUT2D eigenvalue weighted by Crippen LogP contribution is 2.32. The Morgan fingerprint density at radius 2 is 2.07 bits per heavy atom. The first-order valence-corrected chi connectivity index (χ1v) is 10.3. The molecule has 2 heterocycles. The minimum atomic E-state index is -0.667. The van der Waals surface area contributed by atoms with Crippen molar-refractivity contribution in [2.45, 2.75) is 31.3 Å². The van der Waals surface area contributed by atoms with Gasteiger partial charge in [0.1, 0.15) is 12.1 Å². The number of carbonyl (C=O) groups excluding carboxylic acids is 1. The lowest BCUT2D eigenvalue weighted by Gasteiger charge is -2.24. The quantitative estimate of drug-likeness (QED) is 0.567. The zero-order valence-electron chi connectivity index (χ0n) is 16.0. The third-order valence-corrected chi connectivity index (χ3v) is 6.21. The smallest absolute Gasteiger partial charge is 0.256 e. The summed E-state index contributed by atoms with van der Waals surface area (Å²) in [5, 5.41) is 18.5. The number of pyridine rings is 1. The molecule has 0 saturated heterocycles. The maximum absolute atomic E-state index is 12.6. The number of allylic oxidation sites excluding steroid dienone is 1. The van der Waals surface area contributed by atoms with Crippen molar-refractivity contribution in [2.75, 3.05) is 0 Å². The van der Waals surface area contributed by atoms with Crippen LogP contribution >= 0.6 is 11.6 Å². The van der Waals surface area contributed by atoms with Crippen molar-refractivity contribution in [2.24, 2.45) is 5.92 Å². The Morgan fingerprint density at radius 3 is 2.80 bits per heavy atom. The monoisotopic (exact) mass is 418 g/mol. The minimum absolute atomic E-state index is 0.154. The number of hydrogen-bond acceptors (Lipinski definition) is 4. The van der Waals surface area contributed by atoms with Crippen molar-refractivity contribution in [3.05, 3.63) is 69.1 Å². The van der Waals surface area contributed by atoms with Gasteiger partial charge in [0, 0.05) is 33.8 Å². The van der Waals surface area contributed by atoms with Crippen LogP contribution in [0.2, 0.25) is 5.02 Å². The van der Waals surface area contributed by atoms with Gasteiger partial charge in [-0.05, 0) is 42.0 Å². The molecule has 30 heavy (non-hydrogen) atoms. The van der Waals surface area contributed by atoms with E-state index in [1.165, 1.54) is 0 Å². The number of H-pyrrole nitrogens is 1. The van der Waals surface area contributed by atoms with Crippen LogP contribution < -0.4 is 16.2 Å². The van der Waals surface area contributed by atoms with Crippen LogP contribution in [0.25, 0.3) is 21.7 Å². The van der Waals surface area contributed by atoms with Crippen LogP contribution in [0.3, 0.4) is 0 Å². The molecule has 0 saturated carbocycles. The largest absolute Gasteiger partial charge is 0.377 e. The molecular formula is C23H19ClN4O2. The van der Waals surface area contributed by atoms with E-state index in [1.54, 1.807) is 18.2 Å². The Bertz CT molecular complexity index is 1320. The average Bonchev–Trinajstić information content (AvgIpc) is 3.37. The molecule has 0 radical (unpaired) electrons. The molecule has 1 aliphatic carbocycles. The van der Waals surface area contributed by atoms with Crippen molar-refractivity contribution in [3.8, 4) is 6.07 Å². The number of aromatic nitrogens is 1. The number of benzene rings is 2. The molecule has 2 aliphatic rings. The van der Waals surface area contributed by atoms with E-state index in [-0.39, 0.29) is 23.4 Å². The molecular weight excluding hydrogens is 400 g/mol. The van der Waals surface area contributed by atoms with E-state index in [4.69, 9.17) is 11.6 Å². The first kappa shape index (κ1) is 18.7. The number of aromatic amines is 1. The minimum Gasteiger partial charge on any atom is -0.377 e. The molecule has 3 aromatic rings. The van der Waals surface area contributed by atoms with Gasteiger partial charge in [-0.1, -0.05) is 35.9 Å². The van der Waals surface area contributed by atoms with Crippen LogP contribution in [0.4, 0.5) is 0 Å². The van der Waals surface area contributed by atoms with Gasteiger partial charge in [-0.25, -0.2) is 0 Å². The summed E-state index contributed by atoms with van der Waals surface area (Å²) < 4.78 is 0. The molecule has 150 valence electrons. The van der Waals surface area contributed by atoms with Gasteiger partial charge in [0.2, 0.25) is 5.91 Å². The molecule has 2 bridgehead atoms. The summed E-state index contributed by atoms with van der Waals surface area (Å²) in [6, 6.07) is 12.2. The highest BCUT2D eigenvalue weighted by molar-refractivity contribution is 6.31. The Morgan fingerprint density at radius 1 is 1.23 bits per heavy atom. The average molecular weight is 419 g/mol. The summed E-state index contributed by atoms with van der Waals surface area (Å²) in [5.74, 6) is 0.0550. The number of carbonyl (C=O) groups is 1. The van der Waals surface area contributed by atoms with Crippen molar-refractivity contribution < 1.29 is 4.79 Å². The Labute approximate surface area is 177 Å². The van der Waals surface area contributed by atoms with Gasteiger partial charge in [-0.3, -0.25) is 9.59 Å². The van der Waals surface area contributed by atoms with Crippen molar-refractivity contribution in [1.29, 1.82) is 5.26 Å². The highest BCUT2D eigenvalue weighted by atomic mass is 35.5. The molecule has 0 fully saturated rings. The van der Waals surface area contributed by atoms with Crippen molar-refractivity contribution in [1.82, 2.24) is 15.6 Å². The van der Waals surface area contributed by atoms with Crippen LogP contribution in [-0.4, -0.2) is 23.0 Å². The van der Waals surface area contributed by atoms with Crippen LogP contribution in [0.5, 0.6) is 0 Å². The normalized spacial score (nSPS) is 20.6. The summed E-state index contributed by atoms with van der Waals surface area (Å²) in [6.07, 6.45) is 4.40. The number of nitrogens with one attached hydrogen (secondary N) is 3. The van der Waals surface area contributed by atoms with Gasteiger partial charge in [-0.2, -0.15) is 5.26 Å². The number of nitrogens with zero attached hydrogens (tertiary/aromatic N) is 1. The summed E-state index contributed by atoms with van der Waals surface area (Å²) in [6.45, 7) is 0. The second-order valence-electron chi connectivity index (χ2n) is 7.93. The van der Waals surface area contributed by atoms with Crippen molar-refractivity contribution >= 4 is 39.2 Å². The van der Waals surface area contributed by atoms with Gasteiger partial charge in [-0.15, -0.1) is 0 Å². The lowest BCUT2D eigenvalue weighted by atomic mass is 9.97. The maximum Gasteiger partial charge on any atom is 0.256 e. The number of nitriles is 1. The Kier molecular flexibility index (Phi) is 4.48. The molecule has 5 rings (SSSR count). The zero-order valence-corrected chi connectivity index (χ0v) is 16.8. The molecule has 3 atom stereocenters. The lowest BCUT2D eigenvalue weighted by Crippen LogP contribution is -2.49. The fraction of sp³-hybridized carbons (Fsp3) is 0.261. The molecule has 6 nitrogen and oxygen atoms in total. The second-order valence-corrected chi connectivity index (χ2v) is 8.37. The number of amides is 1. The number of halogens is 1. The number of hydrogen-bond donors (Lipinski definition) is 3. The SMILES string of the molecule is N#CC(Cc1ccc2c(c1)c(=O)[nH]c1cc(Cl)ccc12)NC(=O)[C@H]1NC2=C[C@@H]1CC2. The lowest BCUT2D eigenvalue weighted by molar-refractivity contribution is -0.124. The molecule has 1 unspecified atom stereocenters. The van der Waals surface area contributed by atoms with Gasteiger partial charge in [0.25, 0.3) is 5.56 Å². The van der Waals surface area contributed by atoms with Gasteiger partial charge < -0.3 is 15.6 Å². The molecule has 3 N–H and O–H groups in total. The molecule has 1 aromatic heterocycles. The number of fused-ring (bicyclic) bond motifs is 4. The highest BCUT2D eigenvalue weighted by Gasteiger charge is 2.37. The zero-order chi connectivity index (χ0) is 20.8. The molecule has 0 spiro atoms. The Balaban J connectivity index is 1.39. The predicted octanol–water partition coefficient (Wildman–Crippen LogP) is 3.15. The summed E-state index contributed by atoms with van der Waals surface area (Å²) in [5.41, 5.74) is 2.41. The van der Waals surface area contributed by atoms with E-state index in [0.717, 1.165) is 34.9 Å². The number of piperidine rings is 1. The maximum atomic E-state index is 12.6. The first-order chi connectivity index (χ1) is 14.5. The summed E-state index contributed by atoms with van der Waals surface area (Å²) in [7, 11) is 0. The topological polar surface area (TPSA) is 97.8 Å². The molecule has 7 heteroatoms. The van der Waals surface area contributed by atoms with E-state index in [2.05, 4.69) is 27.8 Å². The van der Waals surface area contributed by atoms with E-state index in [1.807, 2.05) is 18.2 Å². The van der Waals surface area contributed by atoms with E-state index < -0.39 is 6.04 Å². The van der Waals surface area contributed by atoms with Crippen molar-refractivity contribution in [3.63, 3.8) is 0 Å². The van der Waals surface area contributed by atoms with E-state index >= 15 is 0 Å². The molecule has 1 amide bonds. The van der Waals surface area contributed by atoms with Gasteiger partial charge >= 0.3 is 0 Å². The van der Waals surface area contributed by atoms with Crippen LogP contribution in [-0.2, 0) is 11.2 Å². The fourth-order valence-corrected chi connectivity index (χ4v) is 4.68. The molecule has 1 aliphatic heterocycles. The molecule has 2 aromatic carbocycles. The second kappa shape index (κ2) is 7.19. The fourth-order valence-electron chi connectivity index (χ4n) is 4.51. The standard InChI is InChI=1S/C23H19ClN4O2/c24-14-3-6-18-17-5-1-12(8-19(17)22(29)28-20(18)10-14)7-16(11-25)27-23(30)21-13-2-4-15(9-13)26-21/h1,3,5-6,8-10,13,16,21,26H,2,4,7H2,(H,27,30)(H,28,29)/t13-,16?,21-/m0/s1. The Hall–Kier alpha value is -3.30. The van der Waals surface area contributed by atoms with E-state index in [9.17, 15) is 14.9 Å². The van der Waals surface area contributed by atoms with Gasteiger partial charge in [0.05, 0.1) is 11.6 Å². The first-order valence-electron chi connectivity index (χ1n) is 9.93. The van der Waals surface area contributed by atoms with Gasteiger partial charge in [0.15, 0.2) is 0 Å².